The summed E-state index contributed by atoms with van der Waals surface area (Å²) in [5.41, 5.74) is 0.583. The van der Waals surface area contributed by atoms with E-state index in [9.17, 15) is 9.59 Å². The van der Waals surface area contributed by atoms with Crippen molar-refractivity contribution in [3.8, 4) is 11.5 Å². The third-order valence-electron chi connectivity index (χ3n) is 5.52. The molecule has 2 saturated heterocycles. The summed E-state index contributed by atoms with van der Waals surface area (Å²) in [7, 11) is 0. The van der Waals surface area contributed by atoms with E-state index in [1.807, 2.05) is 0 Å². The number of ether oxygens (including phenoxy) is 2. The van der Waals surface area contributed by atoms with Crippen LogP contribution in [-0.2, 0) is 4.79 Å². The van der Waals surface area contributed by atoms with Crippen LogP contribution in [0, 0.1) is 5.92 Å². The molecule has 3 heterocycles. The van der Waals surface area contributed by atoms with E-state index < -0.39 is 0 Å². The second-order valence-electron chi connectivity index (χ2n) is 7.06. The van der Waals surface area contributed by atoms with Crippen molar-refractivity contribution in [1.82, 2.24) is 9.80 Å². The molecule has 0 bridgehead atoms. The molecule has 3 aliphatic heterocycles. The van der Waals surface area contributed by atoms with Gasteiger partial charge >= 0.3 is 0 Å². The quantitative estimate of drug-likeness (QED) is 0.844. The van der Waals surface area contributed by atoms with Gasteiger partial charge in [-0.15, -0.1) is 0 Å². The fourth-order valence-corrected chi connectivity index (χ4v) is 3.96. The van der Waals surface area contributed by atoms with Gasteiger partial charge in [0.25, 0.3) is 5.91 Å². The molecule has 0 radical (unpaired) electrons. The summed E-state index contributed by atoms with van der Waals surface area (Å²) < 4.78 is 10.6. The van der Waals surface area contributed by atoms with Crippen molar-refractivity contribution in [3.05, 3.63) is 23.8 Å². The number of carbonyl (C=O) groups excluding carboxylic acids is 2. The molecule has 25 heavy (non-hydrogen) atoms. The number of carbonyl (C=O) groups is 2. The Bertz CT molecular complexity index is 684. The topological polar surface area (TPSA) is 59.1 Å². The smallest absolute Gasteiger partial charge is 0.254 e. The number of nitrogens with zero attached hydrogens (tertiary/aromatic N) is 2. The first-order valence-corrected chi connectivity index (χ1v) is 9.16. The molecular weight excluding hydrogens is 320 g/mol. The molecule has 4 rings (SSSR count). The summed E-state index contributed by atoms with van der Waals surface area (Å²) in [5, 5.41) is 0. The minimum atomic E-state index is -0.0508. The number of likely N-dealkylation sites (tertiary alicyclic amines) is 2. The molecule has 1 unspecified atom stereocenters. The van der Waals surface area contributed by atoms with Crippen molar-refractivity contribution in [3.63, 3.8) is 0 Å². The van der Waals surface area contributed by atoms with E-state index in [0.29, 0.717) is 36.2 Å². The van der Waals surface area contributed by atoms with Crippen molar-refractivity contribution in [1.29, 1.82) is 0 Å². The van der Waals surface area contributed by atoms with Crippen molar-refractivity contribution >= 4 is 11.8 Å². The first-order valence-electron chi connectivity index (χ1n) is 9.16. The van der Waals surface area contributed by atoms with Gasteiger partial charge in [-0.25, -0.2) is 0 Å². The number of amides is 2. The van der Waals surface area contributed by atoms with Crippen LogP contribution in [-0.4, -0.2) is 54.1 Å². The number of piperidine rings is 1. The van der Waals surface area contributed by atoms with Crippen molar-refractivity contribution < 1.29 is 19.1 Å². The predicted octanol–water partition coefficient (Wildman–Crippen LogP) is 2.28. The predicted molar refractivity (Wildman–Crippen MR) is 91.6 cm³/mol. The molecule has 3 aliphatic rings. The molecule has 0 aliphatic carbocycles. The lowest BCUT2D eigenvalue weighted by molar-refractivity contribution is -0.143. The Kier molecular flexibility index (Phi) is 4.27. The monoisotopic (exact) mass is 344 g/mol. The Morgan fingerprint density at radius 1 is 1.16 bits per heavy atom. The molecule has 0 aromatic heterocycles. The zero-order chi connectivity index (χ0) is 17.4. The normalized spacial score (nSPS) is 22.7. The van der Waals surface area contributed by atoms with Gasteiger partial charge in [0.15, 0.2) is 11.5 Å². The van der Waals surface area contributed by atoms with Crippen LogP contribution in [0.2, 0.25) is 0 Å². The largest absolute Gasteiger partial charge is 0.454 e. The highest BCUT2D eigenvalue weighted by atomic mass is 16.7. The molecule has 0 N–H and O–H groups in total. The van der Waals surface area contributed by atoms with E-state index in [0.717, 1.165) is 25.8 Å². The number of rotatable bonds is 3. The van der Waals surface area contributed by atoms with E-state index in [-0.39, 0.29) is 24.5 Å². The van der Waals surface area contributed by atoms with Gasteiger partial charge in [-0.05, 0) is 43.9 Å². The SMILES string of the molecule is CCC1CCCCN1C(=O)C1CN(C(=O)c2ccc3c(c2)OCO3)C1. The van der Waals surface area contributed by atoms with Gasteiger partial charge < -0.3 is 19.3 Å². The van der Waals surface area contributed by atoms with E-state index in [1.165, 1.54) is 6.42 Å². The molecular formula is C19H24N2O4. The van der Waals surface area contributed by atoms with Crippen LogP contribution in [0.5, 0.6) is 11.5 Å². The molecule has 6 nitrogen and oxygen atoms in total. The van der Waals surface area contributed by atoms with E-state index >= 15 is 0 Å². The summed E-state index contributed by atoms with van der Waals surface area (Å²) >= 11 is 0. The number of hydrogen-bond acceptors (Lipinski definition) is 4. The van der Waals surface area contributed by atoms with Crippen molar-refractivity contribution in [2.45, 2.75) is 38.6 Å². The summed E-state index contributed by atoms with van der Waals surface area (Å²) in [5.74, 6) is 1.40. The first kappa shape index (κ1) is 16.2. The molecule has 1 aromatic rings. The lowest BCUT2D eigenvalue weighted by atomic mass is 9.93. The average Bonchev–Trinajstić information content (AvgIpc) is 3.07. The number of benzene rings is 1. The maximum atomic E-state index is 12.8. The standard InChI is InChI=1S/C19H24N2O4/c1-2-15-5-3-4-8-21(15)19(23)14-10-20(11-14)18(22)13-6-7-16-17(9-13)25-12-24-16/h6-7,9,14-15H,2-5,8,10-12H2,1H3. The second-order valence-corrected chi connectivity index (χ2v) is 7.06. The lowest BCUT2D eigenvalue weighted by Gasteiger charge is -2.44. The summed E-state index contributed by atoms with van der Waals surface area (Å²) in [6, 6.07) is 5.61. The molecule has 1 aromatic carbocycles. The van der Waals surface area contributed by atoms with Gasteiger partial charge in [0.05, 0.1) is 5.92 Å². The fraction of sp³-hybridized carbons (Fsp3) is 0.579. The lowest BCUT2D eigenvalue weighted by Crippen LogP contribution is -2.58. The Balaban J connectivity index is 1.36. The van der Waals surface area contributed by atoms with Gasteiger partial charge in [0.1, 0.15) is 0 Å². The zero-order valence-corrected chi connectivity index (χ0v) is 14.6. The first-order chi connectivity index (χ1) is 12.2. The fourth-order valence-electron chi connectivity index (χ4n) is 3.96. The van der Waals surface area contributed by atoms with E-state index in [1.54, 1.807) is 23.1 Å². The molecule has 0 spiro atoms. The highest BCUT2D eigenvalue weighted by Crippen LogP contribution is 2.33. The molecule has 1 atom stereocenters. The van der Waals surface area contributed by atoms with Crippen LogP contribution < -0.4 is 9.47 Å². The molecule has 2 amide bonds. The average molecular weight is 344 g/mol. The summed E-state index contributed by atoms with van der Waals surface area (Å²) in [6.07, 6.45) is 4.42. The highest BCUT2D eigenvalue weighted by molar-refractivity contribution is 5.96. The number of hydrogen-bond donors (Lipinski definition) is 0. The maximum Gasteiger partial charge on any atom is 0.254 e. The molecule has 134 valence electrons. The van der Waals surface area contributed by atoms with E-state index in [4.69, 9.17) is 9.47 Å². The maximum absolute atomic E-state index is 12.8. The van der Waals surface area contributed by atoms with Crippen LogP contribution in [0.3, 0.4) is 0 Å². The second kappa shape index (κ2) is 6.58. The third-order valence-corrected chi connectivity index (χ3v) is 5.52. The molecule has 0 saturated carbocycles. The molecule has 2 fully saturated rings. The third kappa shape index (κ3) is 2.94. The Morgan fingerprint density at radius 3 is 2.76 bits per heavy atom. The van der Waals surface area contributed by atoms with Crippen LogP contribution in [0.4, 0.5) is 0 Å². The van der Waals surface area contributed by atoms with Crippen LogP contribution in [0.1, 0.15) is 43.0 Å². The van der Waals surface area contributed by atoms with Gasteiger partial charge in [0, 0.05) is 31.2 Å². The zero-order valence-electron chi connectivity index (χ0n) is 14.6. The minimum absolute atomic E-state index is 0.0481. The van der Waals surface area contributed by atoms with Crippen LogP contribution in [0.25, 0.3) is 0 Å². The van der Waals surface area contributed by atoms with Gasteiger partial charge in [-0.3, -0.25) is 9.59 Å². The number of fused-ring (bicyclic) bond motifs is 1. The Hall–Kier alpha value is -2.24. The highest BCUT2D eigenvalue weighted by Gasteiger charge is 2.40. The van der Waals surface area contributed by atoms with Crippen molar-refractivity contribution in [2.24, 2.45) is 5.92 Å². The van der Waals surface area contributed by atoms with Gasteiger partial charge in [-0.1, -0.05) is 6.92 Å². The van der Waals surface area contributed by atoms with Crippen molar-refractivity contribution in [2.75, 3.05) is 26.4 Å². The Labute approximate surface area is 147 Å². The summed E-state index contributed by atoms with van der Waals surface area (Å²) in [6.45, 7) is 4.23. The Morgan fingerprint density at radius 2 is 1.96 bits per heavy atom. The van der Waals surface area contributed by atoms with E-state index in [2.05, 4.69) is 11.8 Å². The van der Waals surface area contributed by atoms with Gasteiger partial charge in [0.2, 0.25) is 12.7 Å². The minimum Gasteiger partial charge on any atom is -0.454 e. The van der Waals surface area contributed by atoms with Crippen LogP contribution in [0.15, 0.2) is 18.2 Å². The van der Waals surface area contributed by atoms with Gasteiger partial charge in [-0.2, -0.15) is 0 Å². The summed E-state index contributed by atoms with van der Waals surface area (Å²) in [4.78, 5) is 29.1. The molecule has 6 heteroatoms. The van der Waals surface area contributed by atoms with Crippen LogP contribution >= 0.6 is 0 Å².